The lowest BCUT2D eigenvalue weighted by Gasteiger charge is -2.09. The molecule has 0 aliphatic rings. The minimum atomic E-state index is -0.299. The highest BCUT2D eigenvalue weighted by atomic mass is 16.2. The van der Waals surface area contributed by atoms with Crippen molar-refractivity contribution < 1.29 is 4.79 Å². The maximum atomic E-state index is 12.4. The number of hydrogen-bond donors (Lipinski definition) is 2. The number of H-pyrrole nitrogens is 1. The highest BCUT2D eigenvalue weighted by molar-refractivity contribution is 5.93. The third-order valence-electron chi connectivity index (χ3n) is 4.58. The van der Waals surface area contributed by atoms with E-state index >= 15 is 0 Å². The van der Waals surface area contributed by atoms with Crippen LogP contribution in [0.2, 0.25) is 0 Å². The summed E-state index contributed by atoms with van der Waals surface area (Å²) in [5, 5.41) is 18.5. The van der Waals surface area contributed by atoms with Gasteiger partial charge >= 0.3 is 0 Å². The third kappa shape index (κ3) is 4.04. The van der Waals surface area contributed by atoms with Crippen LogP contribution < -0.4 is 10.9 Å². The maximum absolute atomic E-state index is 12.4. The molecule has 0 spiro atoms. The quantitative estimate of drug-likeness (QED) is 0.511. The van der Waals surface area contributed by atoms with Gasteiger partial charge in [-0.1, -0.05) is 30.3 Å². The van der Waals surface area contributed by atoms with Crippen molar-refractivity contribution in [2.45, 2.75) is 20.4 Å². The fourth-order valence-electron chi connectivity index (χ4n) is 3.14. The van der Waals surface area contributed by atoms with E-state index in [4.69, 9.17) is 0 Å². The first kappa shape index (κ1) is 19.3. The van der Waals surface area contributed by atoms with Gasteiger partial charge in [-0.25, -0.2) is 9.36 Å². The largest absolute Gasteiger partial charge is 0.349 e. The van der Waals surface area contributed by atoms with Crippen LogP contribution >= 0.6 is 0 Å². The second-order valence-corrected chi connectivity index (χ2v) is 6.88. The van der Waals surface area contributed by atoms with Crippen molar-refractivity contribution in [1.82, 2.24) is 35.1 Å². The minimum absolute atomic E-state index is 0.234. The smallest absolute Gasteiger partial charge is 0.269 e. The first-order valence-corrected chi connectivity index (χ1v) is 9.52. The van der Waals surface area contributed by atoms with Gasteiger partial charge in [-0.05, 0) is 32.0 Å². The van der Waals surface area contributed by atoms with Crippen LogP contribution in [0.25, 0.3) is 17.1 Å². The van der Waals surface area contributed by atoms with E-state index in [0.717, 1.165) is 17.0 Å². The van der Waals surface area contributed by atoms with E-state index in [1.54, 1.807) is 16.8 Å². The molecule has 0 unspecified atom stereocenters. The number of nitrogens with zero attached hydrogens (tertiary/aromatic N) is 5. The summed E-state index contributed by atoms with van der Waals surface area (Å²) in [7, 11) is 0. The summed E-state index contributed by atoms with van der Waals surface area (Å²) in [5.41, 5.74) is 3.51. The fourth-order valence-corrected chi connectivity index (χ4v) is 3.14. The number of amides is 1. The van der Waals surface area contributed by atoms with E-state index in [1.165, 1.54) is 10.7 Å². The number of aromatic amines is 1. The van der Waals surface area contributed by atoms with Gasteiger partial charge < -0.3 is 5.32 Å². The predicted molar refractivity (Wildman–Crippen MR) is 111 cm³/mol. The Morgan fingerprint density at radius 1 is 1.07 bits per heavy atom. The Morgan fingerprint density at radius 2 is 1.87 bits per heavy atom. The van der Waals surface area contributed by atoms with Gasteiger partial charge in [0.15, 0.2) is 5.82 Å². The fraction of sp³-hybridized carbons (Fsp3) is 0.190. The molecule has 1 amide bonds. The molecule has 0 radical (unpaired) electrons. The number of aryl methyl sites for hydroxylation is 2. The van der Waals surface area contributed by atoms with Crippen LogP contribution in [0.15, 0.2) is 59.4 Å². The maximum Gasteiger partial charge on any atom is 0.269 e. The van der Waals surface area contributed by atoms with E-state index in [2.05, 4.69) is 25.7 Å². The van der Waals surface area contributed by atoms with Crippen LogP contribution in [0.1, 0.15) is 21.9 Å². The first-order valence-electron chi connectivity index (χ1n) is 9.52. The van der Waals surface area contributed by atoms with E-state index in [-0.39, 0.29) is 24.6 Å². The van der Waals surface area contributed by atoms with Crippen molar-refractivity contribution in [2.75, 3.05) is 6.54 Å². The molecule has 0 aliphatic heterocycles. The topological polar surface area (TPSA) is 110 Å². The Morgan fingerprint density at radius 3 is 2.60 bits per heavy atom. The molecular weight excluding hydrogens is 382 g/mol. The van der Waals surface area contributed by atoms with Crippen molar-refractivity contribution in [3.05, 3.63) is 82.0 Å². The zero-order valence-corrected chi connectivity index (χ0v) is 16.7. The molecule has 2 N–H and O–H groups in total. The molecule has 4 rings (SSSR count). The summed E-state index contributed by atoms with van der Waals surface area (Å²) in [5.74, 6) is 0.250. The number of nitrogens with one attached hydrogen (secondary N) is 2. The Balaban J connectivity index is 1.41. The average Bonchev–Trinajstić information content (AvgIpc) is 3.36. The van der Waals surface area contributed by atoms with Crippen molar-refractivity contribution in [3.63, 3.8) is 0 Å². The molecule has 4 aromatic rings. The van der Waals surface area contributed by atoms with E-state index in [1.807, 2.05) is 50.2 Å². The van der Waals surface area contributed by atoms with Crippen LogP contribution in [0.5, 0.6) is 0 Å². The predicted octanol–water partition coefficient (Wildman–Crippen LogP) is 1.87. The normalized spacial score (nSPS) is 10.9. The summed E-state index contributed by atoms with van der Waals surface area (Å²) in [6, 6.07) is 16.3. The number of carbonyl (C=O) groups excluding carboxylic acids is 1. The Kier molecular flexibility index (Phi) is 5.25. The lowest BCUT2D eigenvalue weighted by molar-refractivity contribution is 0.0946. The minimum Gasteiger partial charge on any atom is -0.349 e. The molecule has 152 valence electrons. The highest BCUT2D eigenvalue weighted by Gasteiger charge is 2.11. The Hall–Kier alpha value is -4.01. The molecular formula is C21H21N7O2. The average molecular weight is 403 g/mol. The van der Waals surface area contributed by atoms with Gasteiger partial charge in [0.05, 0.1) is 17.9 Å². The van der Waals surface area contributed by atoms with Crippen molar-refractivity contribution >= 4 is 5.91 Å². The van der Waals surface area contributed by atoms with Gasteiger partial charge in [0.2, 0.25) is 0 Å². The molecule has 9 nitrogen and oxygen atoms in total. The zero-order chi connectivity index (χ0) is 21.1. The molecule has 3 heterocycles. The third-order valence-corrected chi connectivity index (χ3v) is 4.58. The summed E-state index contributed by atoms with van der Waals surface area (Å²) in [6.07, 6.45) is 0. The highest BCUT2D eigenvalue weighted by Crippen LogP contribution is 2.16. The van der Waals surface area contributed by atoms with Crippen LogP contribution in [-0.4, -0.2) is 42.2 Å². The Bertz CT molecular complexity index is 1240. The van der Waals surface area contributed by atoms with Crippen molar-refractivity contribution in [1.29, 1.82) is 0 Å². The van der Waals surface area contributed by atoms with Crippen LogP contribution in [-0.2, 0) is 6.54 Å². The Labute approximate surface area is 172 Å². The van der Waals surface area contributed by atoms with Gasteiger partial charge in [0, 0.05) is 23.9 Å². The number of carbonyl (C=O) groups is 1. The number of benzene rings is 1. The summed E-state index contributed by atoms with van der Waals surface area (Å²) in [4.78, 5) is 24.5. The molecule has 0 fully saturated rings. The number of aromatic nitrogens is 6. The van der Waals surface area contributed by atoms with E-state index in [0.29, 0.717) is 17.2 Å². The van der Waals surface area contributed by atoms with Gasteiger partial charge in [0.1, 0.15) is 5.69 Å². The monoisotopic (exact) mass is 403 g/mol. The van der Waals surface area contributed by atoms with Gasteiger partial charge in [0.25, 0.3) is 11.5 Å². The van der Waals surface area contributed by atoms with Crippen LogP contribution in [0.4, 0.5) is 0 Å². The molecule has 0 atom stereocenters. The summed E-state index contributed by atoms with van der Waals surface area (Å²) < 4.78 is 2.99. The molecule has 0 saturated heterocycles. The van der Waals surface area contributed by atoms with Gasteiger partial charge in [-0.15, -0.1) is 5.10 Å². The lowest BCUT2D eigenvalue weighted by atomic mass is 10.1. The molecule has 9 heteroatoms. The van der Waals surface area contributed by atoms with Crippen molar-refractivity contribution in [3.8, 4) is 17.1 Å². The molecule has 3 aromatic heterocycles. The summed E-state index contributed by atoms with van der Waals surface area (Å²) >= 11 is 0. The van der Waals surface area contributed by atoms with E-state index in [9.17, 15) is 9.59 Å². The lowest BCUT2D eigenvalue weighted by Crippen LogP contribution is -2.32. The van der Waals surface area contributed by atoms with Gasteiger partial charge in [-0.3, -0.25) is 14.7 Å². The van der Waals surface area contributed by atoms with Crippen molar-refractivity contribution in [2.24, 2.45) is 0 Å². The zero-order valence-electron chi connectivity index (χ0n) is 16.7. The summed E-state index contributed by atoms with van der Waals surface area (Å²) in [6.45, 7) is 4.29. The second kappa shape index (κ2) is 8.16. The molecule has 30 heavy (non-hydrogen) atoms. The standard InChI is InChI=1S/C21H21N7O2/c1-14-12-15(2)28(25-14)19-8-9-20(29)27(26-19)11-10-22-21(30)18-13-17(23-24-18)16-6-4-3-5-7-16/h3-9,12-13H,10-11H2,1-2H3,(H,22,30)(H,23,24). The van der Waals surface area contributed by atoms with Crippen LogP contribution in [0, 0.1) is 13.8 Å². The van der Waals surface area contributed by atoms with Crippen LogP contribution in [0.3, 0.4) is 0 Å². The number of hydrogen-bond acceptors (Lipinski definition) is 5. The van der Waals surface area contributed by atoms with Gasteiger partial charge in [-0.2, -0.15) is 10.2 Å². The molecule has 0 saturated carbocycles. The SMILES string of the molecule is Cc1cc(C)n(-c2ccc(=O)n(CCNC(=O)c3cc(-c4ccccc4)n[nH]3)n2)n1. The first-order chi connectivity index (χ1) is 14.5. The molecule has 0 aliphatic carbocycles. The molecule has 1 aromatic carbocycles. The van der Waals surface area contributed by atoms with E-state index < -0.39 is 0 Å². The molecule has 0 bridgehead atoms. The number of rotatable bonds is 6. The second-order valence-electron chi connectivity index (χ2n) is 6.88.